The highest BCUT2D eigenvalue weighted by molar-refractivity contribution is 5.94. The number of ether oxygens (including phenoxy) is 2. The molecule has 0 bridgehead atoms. The molecular formula is C19H22ClF2N3O4. The van der Waals surface area contributed by atoms with E-state index in [1.54, 1.807) is 24.3 Å². The molecule has 2 aromatic carbocycles. The largest absolute Gasteiger partial charge is 0.497 e. The first-order chi connectivity index (χ1) is 13.3. The quantitative estimate of drug-likeness (QED) is 0.568. The molecule has 0 unspecified atom stereocenters. The van der Waals surface area contributed by atoms with Crippen LogP contribution < -0.4 is 25.8 Å². The summed E-state index contributed by atoms with van der Waals surface area (Å²) in [4.78, 5) is 23.8. The van der Waals surface area contributed by atoms with E-state index < -0.39 is 24.9 Å². The predicted octanol–water partition coefficient (Wildman–Crippen LogP) is 2.46. The van der Waals surface area contributed by atoms with Gasteiger partial charge in [-0.25, -0.2) is 8.78 Å². The van der Waals surface area contributed by atoms with Crippen LogP contribution in [0.5, 0.6) is 11.5 Å². The van der Waals surface area contributed by atoms with E-state index in [1.165, 1.54) is 31.4 Å². The van der Waals surface area contributed by atoms with Gasteiger partial charge in [0.25, 0.3) is 17.7 Å². The van der Waals surface area contributed by atoms with Crippen molar-refractivity contribution in [2.45, 2.75) is 5.92 Å². The molecule has 0 fully saturated rings. The standard InChI is InChI=1S/C19H21F2N3O4.ClH/c1-27-16-4-2-3-14(9-16)24-17(25)10-28-15-7-5-13(6-8-15)18(26)23-12-19(20,21)11-22;/h2-9H,10-12,22H2,1H3,(H,23,26)(H,24,25);1H. The topological polar surface area (TPSA) is 103 Å². The molecule has 2 rings (SSSR count). The van der Waals surface area contributed by atoms with Crippen molar-refractivity contribution >= 4 is 29.9 Å². The molecule has 0 atom stereocenters. The van der Waals surface area contributed by atoms with Crippen LogP contribution in [0.1, 0.15) is 10.4 Å². The summed E-state index contributed by atoms with van der Waals surface area (Å²) in [5.74, 6) is -3.23. The normalized spacial score (nSPS) is 10.5. The van der Waals surface area contributed by atoms with E-state index in [1.807, 2.05) is 0 Å². The van der Waals surface area contributed by atoms with Gasteiger partial charge in [0.2, 0.25) is 0 Å². The number of anilines is 1. The summed E-state index contributed by atoms with van der Waals surface area (Å²) in [7, 11) is 1.53. The second-order valence-corrected chi connectivity index (χ2v) is 5.84. The lowest BCUT2D eigenvalue weighted by atomic mass is 10.2. The van der Waals surface area contributed by atoms with Crippen LogP contribution in [0.2, 0.25) is 0 Å². The van der Waals surface area contributed by atoms with Gasteiger partial charge in [-0.15, -0.1) is 12.4 Å². The van der Waals surface area contributed by atoms with Crippen LogP contribution in [-0.4, -0.2) is 44.5 Å². The van der Waals surface area contributed by atoms with Crippen LogP contribution in [0.25, 0.3) is 0 Å². The number of hydrogen-bond acceptors (Lipinski definition) is 5. The highest BCUT2D eigenvalue weighted by Crippen LogP contribution is 2.17. The fraction of sp³-hybridized carbons (Fsp3) is 0.263. The molecule has 0 spiro atoms. The number of hydrogen-bond donors (Lipinski definition) is 3. The molecule has 2 aromatic rings. The first kappa shape index (κ1) is 24.1. The summed E-state index contributed by atoms with van der Waals surface area (Å²) in [5.41, 5.74) is 5.66. The molecule has 2 amide bonds. The maximum atomic E-state index is 13.1. The molecule has 0 heterocycles. The van der Waals surface area contributed by atoms with Crippen LogP contribution in [0.4, 0.5) is 14.5 Å². The van der Waals surface area contributed by atoms with Gasteiger partial charge in [0, 0.05) is 17.3 Å². The van der Waals surface area contributed by atoms with Crippen molar-refractivity contribution in [2.24, 2.45) is 5.73 Å². The number of benzene rings is 2. The Balaban J connectivity index is 0.00000420. The second-order valence-electron chi connectivity index (χ2n) is 5.84. The third-order valence-corrected chi connectivity index (χ3v) is 3.65. The van der Waals surface area contributed by atoms with E-state index in [4.69, 9.17) is 15.2 Å². The first-order valence-electron chi connectivity index (χ1n) is 8.36. The monoisotopic (exact) mass is 429 g/mol. The number of carbonyl (C=O) groups excluding carboxylic acids is 2. The zero-order valence-electron chi connectivity index (χ0n) is 15.6. The van der Waals surface area contributed by atoms with Crippen molar-refractivity contribution in [3.63, 3.8) is 0 Å². The van der Waals surface area contributed by atoms with E-state index >= 15 is 0 Å². The minimum Gasteiger partial charge on any atom is -0.497 e. The fourth-order valence-corrected chi connectivity index (χ4v) is 2.13. The number of methoxy groups -OCH3 is 1. The lowest BCUT2D eigenvalue weighted by Gasteiger charge is -2.14. The van der Waals surface area contributed by atoms with Crippen LogP contribution in [0.15, 0.2) is 48.5 Å². The van der Waals surface area contributed by atoms with Gasteiger partial charge in [0.1, 0.15) is 11.5 Å². The first-order valence-corrected chi connectivity index (χ1v) is 8.36. The summed E-state index contributed by atoms with van der Waals surface area (Å²) in [6, 6.07) is 12.6. The molecule has 0 aromatic heterocycles. The maximum Gasteiger partial charge on any atom is 0.277 e. The van der Waals surface area contributed by atoms with Gasteiger partial charge in [-0.3, -0.25) is 9.59 Å². The average molecular weight is 430 g/mol. The van der Waals surface area contributed by atoms with Gasteiger partial charge in [-0.1, -0.05) is 6.07 Å². The Bertz CT molecular complexity index is 819. The summed E-state index contributed by atoms with van der Waals surface area (Å²) in [6.07, 6.45) is 0. The number of carbonyl (C=O) groups is 2. The van der Waals surface area contributed by atoms with E-state index in [2.05, 4.69) is 10.6 Å². The molecule has 10 heteroatoms. The Morgan fingerprint density at radius 3 is 2.41 bits per heavy atom. The SMILES string of the molecule is COc1cccc(NC(=O)COc2ccc(C(=O)NCC(F)(F)CN)cc2)c1.Cl. The van der Waals surface area contributed by atoms with Crippen LogP contribution in [0, 0.1) is 0 Å². The summed E-state index contributed by atoms with van der Waals surface area (Å²) >= 11 is 0. The van der Waals surface area contributed by atoms with Gasteiger partial charge in [-0.05, 0) is 36.4 Å². The van der Waals surface area contributed by atoms with E-state index in [9.17, 15) is 18.4 Å². The van der Waals surface area contributed by atoms with Gasteiger partial charge in [0.15, 0.2) is 6.61 Å². The Morgan fingerprint density at radius 2 is 1.79 bits per heavy atom. The third kappa shape index (κ3) is 7.92. The van der Waals surface area contributed by atoms with Crippen LogP contribution in [-0.2, 0) is 4.79 Å². The number of amides is 2. The predicted molar refractivity (Wildman–Crippen MR) is 107 cm³/mol. The van der Waals surface area contributed by atoms with Crippen molar-refractivity contribution in [1.82, 2.24) is 5.32 Å². The molecular weight excluding hydrogens is 408 g/mol. The second kappa shape index (κ2) is 11.2. The molecule has 0 radical (unpaired) electrons. The zero-order valence-corrected chi connectivity index (χ0v) is 16.4. The lowest BCUT2D eigenvalue weighted by Crippen LogP contribution is -2.41. The number of alkyl halides is 2. The van der Waals surface area contributed by atoms with E-state index in [0.29, 0.717) is 17.2 Å². The average Bonchev–Trinajstić information content (AvgIpc) is 2.71. The minimum absolute atomic E-state index is 0. The summed E-state index contributed by atoms with van der Waals surface area (Å²) < 4.78 is 36.6. The minimum atomic E-state index is -3.16. The molecule has 4 N–H and O–H groups in total. The van der Waals surface area contributed by atoms with E-state index in [0.717, 1.165) is 0 Å². The number of rotatable bonds is 9. The molecule has 0 saturated heterocycles. The van der Waals surface area contributed by atoms with Crippen LogP contribution in [0.3, 0.4) is 0 Å². The van der Waals surface area contributed by atoms with Crippen molar-refractivity contribution in [3.05, 3.63) is 54.1 Å². The Hall–Kier alpha value is -2.91. The molecule has 0 aliphatic rings. The van der Waals surface area contributed by atoms with Crippen molar-refractivity contribution in [2.75, 3.05) is 32.1 Å². The van der Waals surface area contributed by atoms with Gasteiger partial charge >= 0.3 is 0 Å². The Kier molecular flexibility index (Phi) is 9.30. The van der Waals surface area contributed by atoms with Gasteiger partial charge in [0.05, 0.1) is 20.2 Å². The van der Waals surface area contributed by atoms with E-state index in [-0.39, 0.29) is 30.5 Å². The molecule has 0 saturated carbocycles. The smallest absolute Gasteiger partial charge is 0.277 e. The molecule has 7 nitrogen and oxygen atoms in total. The number of nitrogens with two attached hydrogens (primary N) is 1. The molecule has 158 valence electrons. The third-order valence-electron chi connectivity index (χ3n) is 3.65. The molecule has 0 aliphatic heterocycles. The van der Waals surface area contributed by atoms with Crippen molar-refractivity contribution < 1.29 is 27.8 Å². The molecule has 29 heavy (non-hydrogen) atoms. The Morgan fingerprint density at radius 1 is 1.10 bits per heavy atom. The molecule has 0 aliphatic carbocycles. The fourth-order valence-electron chi connectivity index (χ4n) is 2.13. The Labute approximate surface area is 173 Å². The number of nitrogens with one attached hydrogen (secondary N) is 2. The van der Waals surface area contributed by atoms with Crippen LogP contribution >= 0.6 is 12.4 Å². The summed E-state index contributed by atoms with van der Waals surface area (Å²) in [6.45, 7) is -1.94. The lowest BCUT2D eigenvalue weighted by molar-refractivity contribution is -0.118. The maximum absolute atomic E-state index is 13.1. The highest BCUT2D eigenvalue weighted by Gasteiger charge is 2.27. The van der Waals surface area contributed by atoms with Gasteiger partial charge in [-0.2, -0.15) is 0 Å². The van der Waals surface area contributed by atoms with Crippen molar-refractivity contribution in [1.29, 1.82) is 0 Å². The number of halogens is 3. The van der Waals surface area contributed by atoms with Gasteiger partial charge < -0.3 is 25.8 Å². The summed E-state index contributed by atoms with van der Waals surface area (Å²) in [5, 5.41) is 4.78. The van der Waals surface area contributed by atoms with Crippen molar-refractivity contribution in [3.8, 4) is 11.5 Å². The zero-order chi connectivity index (χ0) is 20.6. The highest BCUT2D eigenvalue weighted by atomic mass is 35.5.